The highest BCUT2D eigenvalue weighted by Gasteiger charge is 2.66. The molecular weight excluding hydrogens is 402 g/mol. The third-order valence-electron chi connectivity index (χ3n) is 9.50. The Bertz CT molecular complexity index is 759. The fourth-order valence-electron chi connectivity index (χ4n) is 7.92. The second-order valence-electron chi connectivity index (χ2n) is 10.9. The molecule has 0 saturated heterocycles. The van der Waals surface area contributed by atoms with Crippen molar-refractivity contribution in [2.24, 2.45) is 33.7 Å². The highest BCUT2D eigenvalue weighted by atomic mass is 19.3. The molecule has 3 N–H and O–H groups in total. The summed E-state index contributed by atoms with van der Waals surface area (Å²) >= 11 is 0. The Morgan fingerprint density at radius 2 is 1.94 bits per heavy atom. The summed E-state index contributed by atoms with van der Waals surface area (Å²) in [6.45, 7) is 6.03. The molecule has 3 fully saturated rings. The second-order valence-corrected chi connectivity index (χ2v) is 10.9. The largest absolute Gasteiger partial charge is 0.399 e. The van der Waals surface area contributed by atoms with E-state index in [2.05, 4.69) is 30.4 Å². The van der Waals surface area contributed by atoms with Crippen molar-refractivity contribution in [1.82, 2.24) is 5.32 Å². The standard InChI is InChI=1S/C24H38F2N2O3/c1-14(27-13-21(25)26)16-8-10-24(30)19-11-20(28-31-4)18-6-5-15(29)12-22(18,2)17(19)7-9-23(16,24)3/h11,14-18,21,27,29-30H,5-10,12-13H2,1-4H3/b28-20+/t14?,15?,16?,17?,18?,22?,23?,24-/m1/s1. The summed E-state index contributed by atoms with van der Waals surface area (Å²) < 4.78 is 25.6. The number of nitrogens with one attached hydrogen (secondary N) is 1. The maximum absolute atomic E-state index is 12.8. The average Bonchev–Trinajstić information content (AvgIpc) is 2.97. The Morgan fingerprint density at radius 3 is 2.61 bits per heavy atom. The number of oxime groups is 1. The van der Waals surface area contributed by atoms with Crippen LogP contribution in [0.3, 0.4) is 0 Å². The molecule has 0 bridgehead atoms. The Labute approximate surface area is 184 Å². The van der Waals surface area contributed by atoms with Crippen LogP contribution < -0.4 is 5.32 Å². The van der Waals surface area contributed by atoms with Gasteiger partial charge in [-0.15, -0.1) is 0 Å². The van der Waals surface area contributed by atoms with Crippen LogP contribution in [0.25, 0.3) is 0 Å². The van der Waals surface area contributed by atoms with Crippen molar-refractivity contribution in [2.45, 2.75) is 89.9 Å². The summed E-state index contributed by atoms with van der Waals surface area (Å²) in [7, 11) is 1.55. The van der Waals surface area contributed by atoms with E-state index in [-0.39, 0.29) is 41.9 Å². The van der Waals surface area contributed by atoms with Gasteiger partial charge < -0.3 is 20.4 Å². The number of hydrogen-bond acceptors (Lipinski definition) is 5. The molecule has 0 amide bonds. The van der Waals surface area contributed by atoms with Crippen molar-refractivity contribution in [3.8, 4) is 0 Å². The van der Waals surface area contributed by atoms with E-state index in [4.69, 9.17) is 4.84 Å². The van der Waals surface area contributed by atoms with E-state index in [1.165, 1.54) is 0 Å². The fourth-order valence-corrected chi connectivity index (χ4v) is 7.92. The lowest BCUT2D eigenvalue weighted by molar-refractivity contribution is -0.104. The Kier molecular flexibility index (Phi) is 6.02. The van der Waals surface area contributed by atoms with Crippen LogP contribution in [0.4, 0.5) is 8.78 Å². The van der Waals surface area contributed by atoms with Gasteiger partial charge >= 0.3 is 0 Å². The van der Waals surface area contributed by atoms with Gasteiger partial charge in [0.25, 0.3) is 6.43 Å². The SMILES string of the molecule is CO/N=C1\C=C2C(CCC3(C)C(C(C)NCC(F)F)CC[C@@]23O)C2(C)CC(O)CCC12. The lowest BCUT2D eigenvalue weighted by Crippen LogP contribution is -2.60. The van der Waals surface area contributed by atoms with Crippen LogP contribution in [0.2, 0.25) is 0 Å². The quantitative estimate of drug-likeness (QED) is 0.567. The van der Waals surface area contributed by atoms with E-state index in [1.807, 2.05) is 6.92 Å². The molecule has 0 aromatic heterocycles. The number of nitrogens with zero attached hydrogens (tertiary/aromatic N) is 1. The molecule has 3 saturated carbocycles. The predicted octanol–water partition coefficient (Wildman–Crippen LogP) is 3.90. The van der Waals surface area contributed by atoms with Gasteiger partial charge in [-0.25, -0.2) is 8.78 Å². The summed E-state index contributed by atoms with van der Waals surface area (Å²) in [5, 5.41) is 30.1. The van der Waals surface area contributed by atoms with Gasteiger partial charge in [-0.2, -0.15) is 0 Å². The van der Waals surface area contributed by atoms with Crippen molar-refractivity contribution in [2.75, 3.05) is 13.7 Å². The van der Waals surface area contributed by atoms with Crippen LogP contribution in [0.5, 0.6) is 0 Å². The van der Waals surface area contributed by atoms with Crippen LogP contribution in [-0.4, -0.2) is 53.8 Å². The predicted molar refractivity (Wildman–Crippen MR) is 116 cm³/mol. The van der Waals surface area contributed by atoms with Crippen molar-refractivity contribution in [1.29, 1.82) is 0 Å². The fraction of sp³-hybridized carbons (Fsp3) is 0.875. The van der Waals surface area contributed by atoms with Gasteiger partial charge in [0.05, 0.1) is 24.0 Å². The smallest absolute Gasteiger partial charge is 0.250 e. The summed E-state index contributed by atoms with van der Waals surface area (Å²) in [4.78, 5) is 5.18. The van der Waals surface area contributed by atoms with E-state index in [9.17, 15) is 19.0 Å². The highest BCUT2D eigenvalue weighted by molar-refractivity contribution is 5.99. The first-order valence-electron chi connectivity index (χ1n) is 11.8. The van der Waals surface area contributed by atoms with Crippen molar-refractivity contribution in [3.05, 3.63) is 11.6 Å². The average molecular weight is 441 g/mol. The number of fused-ring (bicyclic) bond motifs is 5. The number of allylic oxidation sites excluding steroid dienone is 1. The number of halogens is 2. The Hall–Kier alpha value is -1.05. The molecule has 8 atom stereocenters. The lowest BCUT2D eigenvalue weighted by Gasteiger charge is -2.60. The molecule has 7 heteroatoms. The summed E-state index contributed by atoms with van der Waals surface area (Å²) in [6, 6.07) is -0.0966. The molecule has 4 rings (SSSR count). The minimum atomic E-state index is -2.38. The summed E-state index contributed by atoms with van der Waals surface area (Å²) in [5.74, 6) is 0.509. The zero-order valence-electron chi connectivity index (χ0n) is 19.2. The first-order chi connectivity index (χ1) is 14.6. The normalized spacial score (nSPS) is 46.9. The molecule has 0 heterocycles. The first kappa shape index (κ1) is 23.1. The molecule has 0 aromatic carbocycles. The lowest BCUT2D eigenvalue weighted by atomic mass is 9.46. The molecule has 0 radical (unpaired) electrons. The number of rotatable bonds is 5. The number of hydrogen-bond donors (Lipinski definition) is 3. The molecule has 176 valence electrons. The molecular formula is C24H38F2N2O3. The van der Waals surface area contributed by atoms with Crippen LogP contribution in [0.15, 0.2) is 16.8 Å². The monoisotopic (exact) mass is 440 g/mol. The van der Waals surface area contributed by atoms with Gasteiger partial charge in [0.15, 0.2) is 0 Å². The number of aliphatic hydroxyl groups excluding tert-OH is 1. The van der Waals surface area contributed by atoms with Crippen molar-refractivity contribution < 1.29 is 23.8 Å². The van der Waals surface area contributed by atoms with Crippen LogP contribution in [0.1, 0.15) is 65.7 Å². The topological polar surface area (TPSA) is 74.1 Å². The zero-order valence-corrected chi connectivity index (χ0v) is 19.2. The van der Waals surface area contributed by atoms with E-state index in [0.29, 0.717) is 12.8 Å². The molecule has 4 aliphatic rings. The molecule has 5 nitrogen and oxygen atoms in total. The van der Waals surface area contributed by atoms with Gasteiger partial charge in [-0.05, 0) is 80.8 Å². The first-order valence-corrected chi connectivity index (χ1v) is 11.8. The van der Waals surface area contributed by atoms with Crippen molar-refractivity contribution >= 4 is 5.71 Å². The second kappa shape index (κ2) is 8.07. The van der Waals surface area contributed by atoms with E-state index in [0.717, 1.165) is 43.4 Å². The van der Waals surface area contributed by atoms with Gasteiger partial charge in [-0.3, -0.25) is 0 Å². The van der Waals surface area contributed by atoms with E-state index >= 15 is 0 Å². The third kappa shape index (κ3) is 3.46. The highest BCUT2D eigenvalue weighted by Crippen LogP contribution is 2.67. The van der Waals surface area contributed by atoms with Crippen LogP contribution in [-0.2, 0) is 4.84 Å². The van der Waals surface area contributed by atoms with E-state index < -0.39 is 17.4 Å². The summed E-state index contributed by atoms with van der Waals surface area (Å²) in [5.41, 5.74) is 0.333. The number of alkyl halides is 2. The van der Waals surface area contributed by atoms with Gasteiger partial charge in [0, 0.05) is 17.4 Å². The molecule has 7 unspecified atom stereocenters. The maximum Gasteiger partial charge on any atom is 0.250 e. The molecule has 0 spiro atoms. The molecule has 4 aliphatic carbocycles. The number of aliphatic hydroxyl groups is 2. The minimum Gasteiger partial charge on any atom is -0.399 e. The van der Waals surface area contributed by atoms with Crippen LogP contribution >= 0.6 is 0 Å². The third-order valence-corrected chi connectivity index (χ3v) is 9.50. The van der Waals surface area contributed by atoms with Gasteiger partial charge in [0.1, 0.15) is 7.11 Å². The van der Waals surface area contributed by atoms with Gasteiger partial charge in [0.2, 0.25) is 0 Å². The molecule has 0 aromatic rings. The van der Waals surface area contributed by atoms with Crippen LogP contribution in [0, 0.1) is 28.6 Å². The molecule has 31 heavy (non-hydrogen) atoms. The van der Waals surface area contributed by atoms with Crippen molar-refractivity contribution in [3.63, 3.8) is 0 Å². The van der Waals surface area contributed by atoms with Gasteiger partial charge in [-0.1, -0.05) is 19.0 Å². The minimum absolute atomic E-state index is 0.0966. The maximum atomic E-state index is 12.8. The Balaban J connectivity index is 1.72. The molecule has 0 aliphatic heterocycles. The summed E-state index contributed by atoms with van der Waals surface area (Å²) in [6.07, 6.45) is 4.91. The van der Waals surface area contributed by atoms with E-state index in [1.54, 1.807) is 7.11 Å². The zero-order chi connectivity index (χ0) is 22.6. The Morgan fingerprint density at radius 1 is 1.19 bits per heavy atom.